The van der Waals surface area contributed by atoms with Crippen LogP contribution in [0.3, 0.4) is 0 Å². The van der Waals surface area contributed by atoms with Gasteiger partial charge >= 0.3 is 0 Å². The normalized spacial score (nSPS) is 12.2. The fraction of sp³-hybridized carbons (Fsp3) is 0.250. The molecule has 3 rings (SSSR count). The molecule has 24 heavy (non-hydrogen) atoms. The Morgan fingerprint density at radius 3 is 2.62 bits per heavy atom. The van der Waals surface area contributed by atoms with Crippen LogP contribution in [0, 0.1) is 13.8 Å². The standard InChI is InChI=1S/C20H21NO3/c1-12-9-10-17(23-4)16(11-12)14(3)21-20(22)19-13(2)15-7-5-6-8-18(15)24-19/h5-11,14H,1-4H3,(H,21,22)/t14-/m1/s1. The molecule has 1 N–H and O–H groups in total. The molecule has 0 saturated heterocycles. The predicted octanol–water partition coefficient (Wildman–Crippen LogP) is 4.55. The van der Waals surface area contributed by atoms with Gasteiger partial charge in [-0.15, -0.1) is 0 Å². The number of rotatable bonds is 4. The second-order valence-electron chi connectivity index (χ2n) is 5.99. The summed E-state index contributed by atoms with van der Waals surface area (Å²) < 4.78 is 11.1. The van der Waals surface area contributed by atoms with Crippen molar-refractivity contribution < 1.29 is 13.9 Å². The van der Waals surface area contributed by atoms with E-state index in [1.54, 1.807) is 7.11 Å². The predicted molar refractivity (Wildman–Crippen MR) is 94.6 cm³/mol. The summed E-state index contributed by atoms with van der Waals surface area (Å²) >= 11 is 0. The van der Waals surface area contributed by atoms with Crippen LogP contribution in [0.4, 0.5) is 0 Å². The van der Waals surface area contributed by atoms with E-state index in [4.69, 9.17) is 9.15 Å². The minimum absolute atomic E-state index is 0.194. The molecule has 2 aromatic carbocycles. The van der Waals surface area contributed by atoms with E-state index >= 15 is 0 Å². The minimum atomic E-state index is -0.222. The third-order valence-electron chi connectivity index (χ3n) is 4.25. The number of benzene rings is 2. The first-order valence-electron chi connectivity index (χ1n) is 7.94. The summed E-state index contributed by atoms with van der Waals surface area (Å²) in [5.74, 6) is 0.893. The molecule has 0 aliphatic carbocycles. The monoisotopic (exact) mass is 323 g/mol. The van der Waals surface area contributed by atoms with Crippen LogP contribution in [0.25, 0.3) is 11.0 Å². The number of carbonyl (C=O) groups is 1. The molecule has 0 bridgehead atoms. The van der Waals surface area contributed by atoms with Gasteiger partial charge in [-0.1, -0.05) is 35.9 Å². The molecule has 0 spiro atoms. The number of aryl methyl sites for hydroxylation is 2. The van der Waals surface area contributed by atoms with Crippen LogP contribution in [0.15, 0.2) is 46.9 Å². The molecule has 4 nitrogen and oxygen atoms in total. The van der Waals surface area contributed by atoms with E-state index in [9.17, 15) is 4.79 Å². The van der Waals surface area contributed by atoms with Crippen molar-refractivity contribution in [1.82, 2.24) is 5.32 Å². The largest absolute Gasteiger partial charge is 0.496 e. The summed E-state index contributed by atoms with van der Waals surface area (Å²) in [5.41, 5.74) is 3.64. The summed E-state index contributed by atoms with van der Waals surface area (Å²) in [6, 6.07) is 13.4. The molecule has 0 aliphatic rings. The first-order chi connectivity index (χ1) is 11.5. The van der Waals surface area contributed by atoms with Gasteiger partial charge in [0.2, 0.25) is 0 Å². The highest BCUT2D eigenvalue weighted by molar-refractivity contribution is 5.99. The number of hydrogen-bond acceptors (Lipinski definition) is 3. The molecule has 1 atom stereocenters. The average molecular weight is 323 g/mol. The maximum atomic E-state index is 12.7. The van der Waals surface area contributed by atoms with Gasteiger partial charge in [-0.2, -0.15) is 0 Å². The number of fused-ring (bicyclic) bond motifs is 1. The van der Waals surface area contributed by atoms with Gasteiger partial charge < -0.3 is 14.5 Å². The van der Waals surface area contributed by atoms with Gasteiger partial charge in [0.15, 0.2) is 5.76 Å². The SMILES string of the molecule is COc1ccc(C)cc1[C@@H](C)NC(=O)c1oc2ccccc2c1C. The Morgan fingerprint density at radius 1 is 1.17 bits per heavy atom. The fourth-order valence-corrected chi connectivity index (χ4v) is 2.92. The van der Waals surface area contributed by atoms with Crippen molar-refractivity contribution in [2.45, 2.75) is 26.8 Å². The van der Waals surface area contributed by atoms with Crippen LogP contribution < -0.4 is 10.1 Å². The van der Waals surface area contributed by atoms with Gasteiger partial charge in [0, 0.05) is 16.5 Å². The lowest BCUT2D eigenvalue weighted by Gasteiger charge is -2.17. The first kappa shape index (κ1) is 16.1. The summed E-state index contributed by atoms with van der Waals surface area (Å²) in [6.45, 7) is 5.85. The molecule has 0 radical (unpaired) electrons. The Balaban J connectivity index is 1.88. The number of furan rings is 1. The molecular formula is C20H21NO3. The molecule has 4 heteroatoms. The van der Waals surface area contributed by atoms with E-state index < -0.39 is 0 Å². The number of amides is 1. The van der Waals surface area contributed by atoms with Crippen LogP contribution in [0.2, 0.25) is 0 Å². The van der Waals surface area contributed by atoms with Crippen LogP contribution in [0.1, 0.15) is 40.2 Å². The Morgan fingerprint density at radius 2 is 1.92 bits per heavy atom. The third-order valence-corrected chi connectivity index (χ3v) is 4.25. The van der Waals surface area contributed by atoms with E-state index in [1.165, 1.54) is 0 Å². The van der Waals surface area contributed by atoms with E-state index in [1.807, 2.05) is 63.2 Å². The van der Waals surface area contributed by atoms with Gasteiger partial charge in [-0.3, -0.25) is 4.79 Å². The highest BCUT2D eigenvalue weighted by atomic mass is 16.5. The molecule has 0 aliphatic heterocycles. The molecular weight excluding hydrogens is 302 g/mol. The first-order valence-corrected chi connectivity index (χ1v) is 7.94. The van der Waals surface area contributed by atoms with E-state index in [2.05, 4.69) is 5.32 Å². The number of nitrogens with one attached hydrogen (secondary N) is 1. The lowest BCUT2D eigenvalue weighted by molar-refractivity contribution is 0.0913. The van der Waals surface area contributed by atoms with Gasteiger partial charge in [0.25, 0.3) is 5.91 Å². The summed E-state index contributed by atoms with van der Waals surface area (Å²) in [7, 11) is 1.63. The Hall–Kier alpha value is -2.75. The second-order valence-corrected chi connectivity index (χ2v) is 5.99. The zero-order valence-corrected chi connectivity index (χ0v) is 14.3. The number of methoxy groups -OCH3 is 1. The third kappa shape index (κ3) is 2.87. The highest BCUT2D eigenvalue weighted by Crippen LogP contribution is 2.28. The zero-order valence-electron chi connectivity index (χ0n) is 14.3. The van der Waals surface area contributed by atoms with Gasteiger partial charge in [0.05, 0.1) is 13.2 Å². The van der Waals surface area contributed by atoms with E-state index in [-0.39, 0.29) is 11.9 Å². The molecule has 0 saturated carbocycles. The van der Waals surface area contributed by atoms with Crippen LogP contribution in [0.5, 0.6) is 5.75 Å². The van der Waals surface area contributed by atoms with Crippen LogP contribution >= 0.6 is 0 Å². The highest BCUT2D eigenvalue weighted by Gasteiger charge is 2.21. The molecule has 1 aromatic heterocycles. The zero-order chi connectivity index (χ0) is 17.3. The Bertz CT molecular complexity index is 895. The van der Waals surface area contributed by atoms with Gasteiger partial charge in [-0.25, -0.2) is 0 Å². The van der Waals surface area contributed by atoms with Crippen molar-refractivity contribution in [3.63, 3.8) is 0 Å². The number of carbonyl (C=O) groups excluding carboxylic acids is 1. The summed E-state index contributed by atoms with van der Waals surface area (Å²) in [4.78, 5) is 12.7. The maximum Gasteiger partial charge on any atom is 0.287 e. The maximum absolute atomic E-state index is 12.7. The topological polar surface area (TPSA) is 51.5 Å². The average Bonchev–Trinajstić information content (AvgIpc) is 2.92. The molecule has 0 fully saturated rings. The van der Waals surface area contributed by atoms with Crippen molar-refractivity contribution in [2.75, 3.05) is 7.11 Å². The van der Waals surface area contributed by atoms with E-state index in [0.29, 0.717) is 5.76 Å². The van der Waals surface area contributed by atoms with Crippen molar-refractivity contribution in [1.29, 1.82) is 0 Å². The fourth-order valence-electron chi connectivity index (χ4n) is 2.92. The summed E-state index contributed by atoms with van der Waals surface area (Å²) in [6.07, 6.45) is 0. The molecule has 124 valence electrons. The number of ether oxygens (including phenoxy) is 1. The van der Waals surface area contributed by atoms with Gasteiger partial charge in [0.1, 0.15) is 11.3 Å². The molecule has 0 unspecified atom stereocenters. The number of para-hydroxylation sites is 1. The van der Waals surface area contributed by atoms with E-state index in [0.717, 1.165) is 33.4 Å². The molecule has 1 amide bonds. The Labute approximate surface area is 141 Å². The Kier molecular flexibility index (Phi) is 4.30. The lowest BCUT2D eigenvalue weighted by atomic mass is 10.0. The summed E-state index contributed by atoms with van der Waals surface area (Å²) in [5, 5.41) is 3.97. The van der Waals surface area contributed by atoms with Crippen LogP contribution in [-0.4, -0.2) is 13.0 Å². The van der Waals surface area contributed by atoms with Crippen molar-refractivity contribution >= 4 is 16.9 Å². The second kappa shape index (κ2) is 6.40. The van der Waals surface area contributed by atoms with Crippen molar-refractivity contribution in [3.8, 4) is 5.75 Å². The smallest absolute Gasteiger partial charge is 0.287 e. The number of hydrogen-bond donors (Lipinski definition) is 1. The molecule has 3 aromatic rings. The molecule has 1 heterocycles. The minimum Gasteiger partial charge on any atom is -0.496 e. The lowest BCUT2D eigenvalue weighted by Crippen LogP contribution is -2.27. The van der Waals surface area contributed by atoms with Crippen molar-refractivity contribution in [3.05, 3.63) is 64.9 Å². The van der Waals surface area contributed by atoms with Crippen LogP contribution in [-0.2, 0) is 0 Å². The quantitative estimate of drug-likeness (QED) is 0.766. The van der Waals surface area contributed by atoms with Crippen molar-refractivity contribution in [2.24, 2.45) is 0 Å². The van der Waals surface area contributed by atoms with Gasteiger partial charge in [-0.05, 0) is 32.9 Å².